The number of imidazole rings is 1. The number of hydrogen-bond acceptors (Lipinski definition) is 5. The number of hydrogen-bond donors (Lipinski definition) is 2. The zero-order valence-electron chi connectivity index (χ0n) is 12.2. The van der Waals surface area contributed by atoms with Crippen molar-refractivity contribution in [2.24, 2.45) is 0 Å². The first-order valence-electron chi connectivity index (χ1n) is 6.81. The maximum atomic E-state index is 12.0. The summed E-state index contributed by atoms with van der Waals surface area (Å²) in [6.07, 6.45) is 5.75. The molecule has 0 unspecified atom stereocenters. The molecule has 2 N–H and O–H groups in total. The van der Waals surface area contributed by atoms with Crippen LogP contribution in [0.1, 0.15) is 13.8 Å². The van der Waals surface area contributed by atoms with E-state index in [2.05, 4.69) is 38.5 Å². The smallest absolute Gasteiger partial charge is 0.279 e. The van der Waals surface area contributed by atoms with Gasteiger partial charge in [0.25, 0.3) is 10.0 Å². The molecule has 2 heterocycles. The first-order valence-corrected chi connectivity index (χ1v) is 8.29. The molecular weight excluding hydrogens is 292 g/mol. The van der Waals surface area contributed by atoms with Gasteiger partial charge in [-0.1, -0.05) is 13.8 Å². The summed E-state index contributed by atoms with van der Waals surface area (Å²) in [4.78, 5) is 8.54. The molecule has 9 heteroatoms. The highest BCUT2D eigenvalue weighted by molar-refractivity contribution is 7.92. The molecule has 0 bridgehead atoms. The van der Waals surface area contributed by atoms with Gasteiger partial charge in [0.1, 0.15) is 0 Å². The van der Waals surface area contributed by atoms with E-state index >= 15 is 0 Å². The van der Waals surface area contributed by atoms with Crippen molar-refractivity contribution >= 4 is 15.7 Å². The monoisotopic (exact) mass is 312 g/mol. The highest BCUT2D eigenvalue weighted by Gasteiger charge is 2.16. The molecule has 21 heavy (non-hydrogen) atoms. The molecule has 0 aromatic carbocycles. The quantitative estimate of drug-likeness (QED) is 0.750. The predicted molar refractivity (Wildman–Crippen MR) is 79.4 cm³/mol. The lowest BCUT2D eigenvalue weighted by atomic mass is 10.4. The average Bonchev–Trinajstić information content (AvgIpc) is 3.11. The number of likely N-dealkylation sites (N-methyl/N-ethyl adjacent to an activating group) is 1. The lowest BCUT2D eigenvalue weighted by Crippen LogP contribution is -2.27. The van der Waals surface area contributed by atoms with Crippen molar-refractivity contribution in [3.63, 3.8) is 0 Å². The maximum Gasteiger partial charge on any atom is 0.279 e. The van der Waals surface area contributed by atoms with Crippen molar-refractivity contribution in [3.05, 3.63) is 24.9 Å². The molecule has 0 saturated heterocycles. The summed E-state index contributed by atoms with van der Waals surface area (Å²) in [6.45, 7) is 7.77. The lowest BCUT2D eigenvalue weighted by molar-refractivity contribution is 0.285. The Morgan fingerprint density at radius 3 is 2.71 bits per heavy atom. The molecule has 2 aromatic heterocycles. The molecule has 2 aromatic rings. The van der Waals surface area contributed by atoms with Crippen molar-refractivity contribution in [2.75, 3.05) is 24.4 Å². The molecule has 0 spiro atoms. The van der Waals surface area contributed by atoms with Gasteiger partial charge >= 0.3 is 0 Å². The zero-order chi connectivity index (χ0) is 15.3. The third kappa shape index (κ3) is 4.05. The number of nitrogens with one attached hydrogen (secondary N) is 2. The molecule has 0 aliphatic rings. The molecule has 116 valence electrons. The van der Waals surface area contributed by atoms with Crippen LogP contribution in [0.2, 0.25) is 0 Å². The highest BCUT2D eigenvalue weighted by Crippen LogP contribution is 2.12. The van der Waals surface area contributed by atoms with E-state index in [1.54, 1.807) is 10.9 Å². The van der Waals surface area contributed by atoms with E-state index in [0.717, 1.165) is 19.6 Å². The molecule has 0 aliphatic carbocycles. The SMILES string of the molecule is CCN(CC)CCn1cc(NS(=O)(=O)c2cnc[nH]2)cn1. The van der Waals surface area contributed by atoms with Gasteiger partial charge in [-0.2, -0.15) is 13.5 Å². The van der Waals surface area contributed by atoms with Crippen molar-refractivity contribution in [1.29, 1.82) is 0 Å². The Balaban J connectivity index is 1.97. The number of nitrogens with zero attached hydrogens (tertiary/aromatic N) is 4. The van der Waals surface area contributed by atoms with Crippen LogP contribution in [0.25, 0.3) is 0 Å². The van der Waals surface area contributed by atoms with Crippen LogP contribution < -0.4 is 4.72 Å². The topological polar surface area (TPSA) is 95.9 Å². The van der Waals surface area contributed by atoms with Gasteiger partial charge in [0.05, 0.1) is 31.0 Å². The van der Waals surface area contributed by atoms with Gasteiger partial charge in [-0.15, -0.1) is 0 Å². The Bertz CT molecular complexity index is 645. The zero-order valence-corrected chi connectivity index (χ0v) is 13.0. The Morgan fingerprint density at radius 2 is 2.10 bits per heavy atom. The fourth-order valence-corrected chi connectivity index (χ4v) is 2.86. The molecule has 2 rings (SSSR count). The van der Waals surface area contributed by atoms with Crippen molar-refractivity contribution < 1.29 is 8.42 Å². The maximum absolute atomic E-state index is 12.0. The second-order valence-corrected chi connectivity index (χ2v) is 6.19. The molecular formula is C12H20N6O2S. The van der Waals surface area contributed by atoms with Crippen LogP contribution in [0, 0.1) is 0 Å². The Kier molecular flexibility index (Phi) is 4.97. The number of sulfonamides is 1. The van der Waals surface area contributed by atoms with Gasteiger partial charge in [0.2, 0.25) is 0 Å². The van der Waals surface area contributed by atoms with E-state index in [4.69, 9.17) is 0 Å². The second kappa shape index (κ2) is 6.72. The van der Waals surface area contributed by atoms with E-state index in [0.29, 0.717) is 12.2 Å². The largest absolute Gasteiger partial charge is 0.334 e. The average molecular weight is 312 g/mol. The summed E-state index contributed by atoms with van der Waals surface area (Å²) in [5, 5.41) is 4.19. The predicted octanol–water partition coefficient (Wildman–Crippen LogP) is 0.749. The molecule has 0 saturated carbocycles. The standard InChI is InChI=1S/C12H20N6O2S/c1-3-17(4-2)5-6-18-9-11(7-15-18)16-21(19,20)12-8-13-10-14-12/h7-10,16H,3-6H2,1-2H3,(H,13,14). The fourth-order valence-electron chi connectivity index (χ4n) is 1.92. The highest BCUT2D eigenvalue weighted by atomic mass is 32.2. The molecule has 8 nitrogen and oxygen atoms in total. The van der Waals surface area contributed by atoms with Crippen LogP contribution in [0.4, 0.5) is 5.69 Å². The third-order valence-corrected chi connectivity index (χ3v) is 4.49. The third-order valence-electron chi connectivity index (χ3n) is 3.19. The summed E-state index contributed by atoms with van der Waals surface area (Å²) in [5.41, 5.74) is 0.434. The van der Waals surface area contributed by atoms with Gasteiger partial charge in [-0.3, -0.25) is 9.40 Å². The van der Waals surface area contributed by atoms with Crippen molar-refractivity contribution in [1.82, 2.24) is 24.6 Å². The van der Waals surface area contributed by atoms with E-state index in [9.17, 15) is 8.42 Å². The van der Waals surface area contributed by atoms with E-state index in [1.807, 2.05) is 0 Å². The molecule has 0 amide bonds. The number of aromatic nitrogens is 4. The summed E-state index contributed by atoms with van der Waals surface area (Å²) in [7, 11) is -3.63. The van der Waals surface area contributed by atoms with Crippen LogP contribution in [-0.4, -0.2) is 52.7 Å². The Hall–Kier alpha value is -1.87. The molecule has 0 radical (unpaired) electrons. The van der Waals surface area contributed by atoms with E-state index < -0.39 is 10.0 Å². The molecule has 0 atom stereocenters. The van der Waals surface area contributed by atoms with Crippen molar-refractivity contribution in [2.45, 2.75) is 25.4 Å². The normalized spacial score (nSPS) is 12.0. The minimum absolute atomic E-state index is 0.0263. The lowest BCUT2D eigenvalue weighted by Gasteiger charge is -2.17. The first-order chi connectivity index (χ1) is 10.0. The first kappa shape index (κ1) is 15.5. The van der Waals surface area contributed by atoms with Gasteiger partial charge in [-0.25, -0.2) is 4.98 Å². The second-order valence-electron chi connectivity index (χ2n) is 4.54. The van der Waals surface area contributed by atoms with Crippen LogP contribution in [0.15, 0.2) is 29.9 Å². The number of anilines is 1. The fraction of sp³-hybridized carbons (Fsp3) is 0.500. The van der Waals surface area contributed by atoms with Gasteiger partial charge in [-0.05, 0) is 13.1 Å². The molecule has 0 fully saturated rings. The van der Waals surface area contributed by atoms with Gasteiger partial charge in [0.15, 0.2) is 5.03 Å². The number of rotatable bonds is 8. The summed E-state index contributed by atoms with van der Waals surface area (Å²) < 4.78 is 28.2. The summed E-state index contributed by atoms with van der Waals surface area (Å²) in [6, 6.07) is 0. The number of aromatic amines is 1. The number of H-pyrrole nitrogens is 1. The minimum Gasteiger partial charge on any atom is -0.334 e. The van der Waals surface area contributed by atoms with Gasteiger partial charge in [0, 0.05) is 12.7 Å². The van der Waals surface area contributed by atoms with Gasteiger partial charge < -0.3 is 9.88 Å². The van der Waals surface area contributed by atoms with Crippen LogP contribution in [0.5, 0.6) is 0 Å². The van der Waals surface area contributed by atoms with E-state index in [1.165, 1.54) is 18.7 Å². The van der Waals surface area contributed by atoms with E-state index in [-0.39, 0.29) is 5.03 Å². The van der Waals surface area contributed by atoms with Crippen LogP contribution in [0.3, 0.4) is 0 Å². The Morgan fingerprint density at radius 1 is 1.33 bits per heavy atom. The Labute approximate surface area is 124 Å². The van der Waals surface area contributed by atoms with Crippen LogP contribution in [-0.2, 0) is 16.6 Å². The summed E-state index contributed by atoms with van der Waals surface area (Å²) in [5.74, 6) is 0. The summed E-state index contributed by atoms with van der Waals surface area (Å²) >= 11 is 0. The minimum atomic E-state index is -3.63. The van der Waals surface area contributed by atoms with Crippen molar-refractivity contribution in [3.8, 4) is 0 Å². The molecule has 0 aliphatic heterocycles. The van der Waals surface area contributed by atoms with Crippen LogP contribution >= 0.6 is 0 Å².